The molecule has 4 rings (SSSR count). The van der Waals surface area contributed by atoms with Gasteiger partial charge in [-0.05, 0) is 58.8 Å². The normalized spacial score (nSPS) is 15.2. The Kier molecular flexibility index (Phi) is 6.20. The Hall–Kier alpha value is -2.96. The molecule has 3 aromatic rings. The number of nitrogens with zero attached hydrogens (tertiary/aromatic N) is 1. The molecule has 1 aliphatic heterocycles. The number of carbonyl (C=O) groups excluding carboxylic acids is 2. The zero-order chi connectivity index (χ0) is 22.0. The molecule has 0 aromatic heterocycles. The fourth-order valence-electron chi connectivity index (χ4n) is 3.46. The molecule has 31 heavy (non-hydrogen) atoms. The number of thioether (sulfide) groups is 1. The first kappa shape index (κ1) is 21.3. The maximum atomic E-state index is 12.4. The molecule has 7 heteroatoms. The molecule has 0 N–H and O–H groups in total. The zero-order valence-electron chi connectivity index (χ0n) is 17.1. The lowest BCUT2D eigenvalue weighted by atomic mass is 10.1. The molecule has 1 fully saturated rings. The van der Waals surface area contributed by atoms with Crippen molar-refractivity contribution in [2.24, 2.45) is 0 Å². The molecule has 2 amide bonds. The predicted molar refractivity (Wildman–Crippen MR) is 125 cm³/mol. The van der Waals surface area contributed by atoms with Crippen LogP contribution < -0.4 is 9.47 Å². The highest BCUT2D eigenvalue weighted by atomic mass is 35.5. The van der Waals surface area contributed by atoms with Crippen LogP contribution >= 0.6 is 23.4 Å². The van der Waals surface area contributed by atoms with E-state index in [1.807, 2.05) is 24.3 Å². The van der Waals surface area contributed by atoms with Crippen LogP contribution in [0, 0.1) is 0 Å². The van der Waals surface area contributed by atoms with Crippen LogP contribution in [-0.2, 0) is 11.4 Å². The number of hydrogen-bond acceptors (Lipinski definition) is 5. The van der Waals surface area contributed by atoms with E-state index in [0.717, 1.165) is 28.1 Å². The number of methoxy groups -OCH3 is 1. The van der Waals surface area contributed by atoms with Gasteiger partial charge in [0.05, 0.1) is 17.0 Å². The van der Waals surface area contributed by atoms with Crippen molar-refractivity contribution in [3.05, 3.63) is 75.7 Å². The molecule has 0 atom stereocenters. The lowest BCUT2D eigenvalue weighted by molar-refractivity contribution is -0.122. The third-order valence-electron chi connectivity index (χ3n) is 4.99. The molecular formula is C24H20ClNO4S. The van der Waals surface area contributed by atoms with Gasteiger partial charge in [-0.1, -0.05) is 54.1 Å². The van der Waals surface area contributed by atoms with Crippen LogP contribution in [0.4, 0.5) is 4.79 Å². The fraction of sp³-hybridized carbons (Fsp3) is 0.167. The minimum Gasteiger partial charge on any atom is -0.493 e. The molecule has 0 saturated carbocycles. The first-order valence-electron chi connectivity index (χ1n) is 9.74. The molecular weight excluding hydrogens is 434 g/mol. The third kappa shape index (κ3) is 4.27. The lowest BCUT2D eigenvalue weighted by Gasteiger charge is -2.14. The standard InChI is InChI=1S/C24H20ClNO4S/c1-3-26-23(27)21(31-24(26)28)13-15-11-19(25)22(20(12-15)29-2)30-14-17-9-6-8-16-7-4-5-10-18(16)17/h4-13H,3,14H2,1-2H3/b21-13+. The van der Waals surface area contributed by atoms with Crippen LogP contribution in [0.1, 0.15) is 18.1 Å². The number of ether oxygens (including phenoxy) is 2. The molecule has 0 radical (unpaired) electrons. The Bertz CT molecular complexity index is 1200. The Morgan fingerprint density at radius 1 is 1.10 bits per heavy atom. The quantitative estimate of drug-likeness (QED) is 0.420. The summed E-state index contributed by atoms with van der Waals surface area (Å²) in [6, 6.07) is 17.6. The van der Waals surface area contributed by atoms with Gasteiger partial charge in [0.2, 0.25) is 0 Å². The predicted octanol–water partition coefficient (Wildman–Crippen LogP) is 6.14. The van der Waals surface area contributed by atoms with Crippen molar-refractivity contribution < 1.29 is 19.1 Å². The molecule has 1 saturated heterocycles. The van der Waals surface area contributed by atoms with Gasteiger partial charge in [-0.2, -0.15) is 0 Å². The first-order valence-corrected chi connectivity index (χ1v) is 10.9. The molecule has 158 valence electrons. The number of likely N-dealkylation sites (N-methyl/N-ethyl adjacent to an activating group) is 1. The number of rotatable bonds is 6. The van der Waals surface area contributed by atoms with Gasteiger partial charge in [0.25, 0.3) is 11.1 Å². The molecule has 3 aromatic carbocycles. The maximum Gasteiger partial charge on any atom is 0.293 e. The number of carbonyl (C=O) groups is 2. The minimum absolute atomic E-state index is 0.271. The Balaban J connectivity index is 1.61. The average molecular weight is 454 g/mol. The van der Waals surface area contributed by atoms with Crippen molar-refractivity contribution in [1.82, 2.24) is 4.90 Å². The topological polar surface area (TPSA) is 55.8 Å². The van der Waals surface area contributed by atoms with Crippen LogP contribution in [0.5, 0.6) is 11.5 Å². The van der Waals surface area contributed by atoms with Gasteiger partial charge in [-0.15, -0.1) is 0 Å². The van der Waals surface area contributed by atoms with Gasteiger partial charge in [-0.25, -0.2) is 0 Å². The first-order chi connectivity index (χ1) is 15.0. The Morgan fingerprint density at radius 2 is 1.87 bits per heavy atom. The summed E-state index contributed by atoms with van der Waals surface area (Å²) in [6.45, 7) is 2.43. The van der Waals surface area contributed by atoms with Crippen molar-refractivity contribution in [2.75, 3.05) is 13.7 Å². The summed E-state index contributed by atoms with van der Waals surface area (Å²) in [6.07, 6.45) is 1.64. The summed E-state index contributed by atoms with van der Waals surface area (Å²) in [5.74, 6) is 0.577. The molecule has 0 aliphatic carbocycles. The lowest BCUT2D eigenvalue weighted by Crippen LogP contribution is -2.27. The maximum absolute atomic E-state index is 12.4. The highest BCUT2D eigenvalue weighted by Gasteiger charge is 2.33. The van der Waals surface area contributed by atoms with Crippen molar-refractivity contribution in [3.8, 4) is 11.5 Å². The molecule has 1 aliphatic rings. The zero-order valence-corrected chi connectivity index (χ0v) is 18.6. The van der Waals surface area contributed by atoms with E-state index in [1.54, 1.807) is 25.1 Å². The van der Waals surface area contributed by atoms with Crippen molar-refractivity contribution in [1.29, 1.82) is 0 Å². The van der Waals surface area contributed by atoms with Crippen LogP contribution in [-0.4, -0.2) is 29.7 Å². The summed E-state index contributed by atoms with van der Waals surface area (Å²) in [5, 5.41) is 2.34. The second kappa shape index (κ2) is 9.04. The second-order valence-electron chi connectivity index (χ2n) is 6.89. The van der Waals surface area contributed by atoms with Crippen molar-refractivity contribution in [3.63, 3.8) is 0 Å². The van der Waals surface area contributed by atoms with Crippen LogP contribution in [0.3, 0.4) is 0 Å². The Morgan fingerprint density at radius 3 is 2.61 bits per heavy atom. The summed E-state index contributed by atoms with van der Waals surface area (Å²) < 4.78 is 11.5. The molecule has 5 nitrogen and oxygen atoms in total. The summed E-state index contributed by atoms with van der Waals surface area (Å²) in [5.41, 5.74) is 1.69. The van der Waals surface area contributed by atoms with E-state index in [0.29, 0.717) is 40.1 Å². The van der Waals surface area contributed by atoms with E-state index in [-0.39, 0.29) is 11.1 Å². The van der Waals surface area contributed by atoms with E-state index >= 15 is 0 Å². The van der Waals surface area contributed by atoms with Gasteiger partial charge >= 0.3 is 0 Å². The summed E-state index contributed by atoms with van der Waals surface area (Å²) >= 11 is 7.42. The van der Waals surface area contributed by atoms with Gasteiger partial charge in [0.15, 0.2) is 11.5 Å². The molecule has 0 unspecified atom stereocenters. The molecule has 0 bridgehead atoms. The van der Waals surface area contributed by atoms with Gasteiger partial charge in [-0.3, -0.25) is 14.5 Å². The second-order valence-corrected chi connectivity index (χ2v) is 8.29. The van der Waals surface area contributed by atoms with Crippen LogP contribution in [0.15, 0.2) is 59.5 Å². The summed E-state index contributed by atoms with van der Waals surface area (Å²) in [7, 11) is 1.53. The molecule has 0 spiro atoms. The van der Waals surface area contributed by atoms with E-state index in [2.05, 4.69) is 18.2 Å². The number of fused-ring (bicyclic) bond motifs is 1. The Labute approximate surface area is 189 Å². The SMILES string of the molecule is CCN1C(=O)S/C(=C/c2cc(Cl)c(OCc3cccc4ccccc34)c(OC)c2)C1=O. The number of halogens is 1. The van der Waals surface area contributed by atoms with E-state index < -0.39 is 0 Å². The monoisotopic (exact) mass is 453 g/mol. The van der Waals surface area contributed by atoms with Crippen molar-refractivity contribution in [2.45, 2.75) is 13.5 Å². The van der Waals surface area contributed by atoms with Gasteiger partial charge < -0.3 is 9.47 Å². The number of hydrogen-bond donors (Lipinski definition) is 0. The van der Waals surface area contributed by atoms with E-state index in [4.69, 9.17) is 21.1 Å². The summed E-state index contributed by atoms with van der Waals surface area (Å²) in [4.78, 5) is 25.8. The van der Waals surface area contributed by atoms with Gasteiger partial charge in [0.1, 0.15) is 6.61 Å². The van der Waals surface area contributed by atoms with Crippen molar-refractivity contribution >= 4 is 51.4 Å². The average Bonchev–Trinajstić information content (AvgIpc) is 3.04. The van der Waals surface area contributed by atoms with E-state index in [1.165, 1.54) is 12.0 Å². The van der Waals surface area contributed by atoms with Crippen LogP contribution in [0.2, 0.25) is 5.02 Å². The highest BCUT2D eigenvalue weighted by molar-refractivity contribution is 8.18. The third-order valence-corrected chi connectivity index (χ3v) is 6.18. The fourth-order valence-corrected chi connectivity index (χ4v) is 4.63. The smallest absolute Gasteiger partial charge is 0.293 e. The number of benzene rings is 3. The van der Waals surface area contributed by atoms with E-state index in [9.17, 15) is 9.59 Å². The van der Waals surface area contributed by atoms with Gasteiger partial charge in [0, 0.05) is 6.54 Å². The number of imide groups is 1. The minimum atomic E-state index is -0.302. The van der Waals surface area contributed by atoms with Crippen LogP contribution in [0.25, 0.3) is 16.8 Å². The largest absolute Gasteiger partial charge is 0.493 e. The molecule has 1 heterocycles. The highest BCUT2D eigenvalue weighted by Crippen LogP contribution is 2.39. The number of amides is 2.